The van der Waals surface area contributed by atoms with Gasteiger partial charge in [-0.2, -0.15) is 4.98 Å². The van der Waals surface area contributed by atoms with Crippen LogP contribution in [0.4, 0.5) is 5.95 Å². The average molecular weight is 488 g/mol. The third kappa shape index (κ3) is 4.61. The van der Waals surface area contributed by atoms with E-state index >= 15 is 0 Å². The molecule has 0 amide bonds. The van der Waals surface area contributed by atoms with Crippen LogP contribution < -0.4 is 11.3 Å². The van der Waals surface area contributed by atoms with Crippen molar-refractivity contribution in [2.75, 3.05) is 5.73 Å². The fourth-order valence-corrected chi connectivity index (χ4v) is 5.87. The third-order valence-corrected chi connectivity index (χ3v) is 8.97. The fourth-order valence-electron chi connectivity index (χ4n) is 4.10. The summed E-state index contributed by atoms with van der Waals surface area (Å²) in [6.07, 6.45) is -3.00. The normalized spacial score (nSPS) is 27.5. The number of anilines is 1. The number of nitrogens with one attached hydrogen (secondary N) is 1. The van der Waals surface area contributed by atoms with E-state index in [1.54, 1.807) is 27.7 Å². The Morgan fingerprint density at radius 1 is 1.27 bits per heavy atom. The van der Waals surface area contributed by atoms with E-state index in [4.69, 9.17) is 15.0 Å². The predicted molar refractivity (Wildman–Crippen MR) is 120 cm³/mol. The summed E-state index contributed by atoms with van der Waals surface area (Å²) < 4.78 is 25.9. The van der Waals surface area contributed by atoms with Gasteiger partial charge in [0.1, 0.15) is 12.2 Å². The molecule has 0 bridgehead atoms. The monoisotopic (exact) mass is 488 g/mol. The molecule has 1 fully saturated rings. The second-order valence-electron chi connectivity index (χ2n) is 8.77. The van der Waals surface area contributed by atoms with Gasteiger partial charge in [-0.1, -0.05) is 20.8 Å². The summed E-state index contributed by atoms with van der Waals surface area (Å²) in [6, 6.07) is 1.49. The van der Waals surface area contributed by atoms with Crippen LogP contribution in [0.25, 0.3) is 11.0 Å². The molecule has 7 N–H and O–H groups in total. The van der Waals surface area contributed by atoms with Gasteiger partial charge in [0, 0.05) is 12.6 Å². The number of nitrogens with two attached hydrogens (primary N) is 1. The van der Waals surface area contributed by atoms with Gasteiger partial charge < -0.3 is 39.8 Å². The zero-order valence-electron chi connectivity index (χ0n) is 19.1. The number of nitrogens with zero attached hydrogens (tertiary/aromatic N) is 2. The highest BCUT2D eigenvalue weighted by Crippen LogP contribution is 2.60. The summed E-state index contributed by atoms with van der Waals surface area (Å²) in [5, 5.41) is 30.3. The van der Waals surface area contributed by atoms with Crippen LogP contribution in [0.2, 0.25) is 0 Å². The van der Waals surface area contributed by atoms with Crippen molar-refractivity contribution in [2.45, 2.75) is 88.9 Å². The molecule has 1 aliphatic rings. The van der Waals surface area contributed by atoms with Crippen molar-refractivity contribution < 1.29 is 34.0 Å². The Morgan fingerprint density at radius 3 is 2.48 bits per heavy atom. The molecule has 2 aromatic heterocycles. The molecule has 0 radical (unpaired) electrons. The van der Waals surface area contributed by atoms with Crippen LogP contribution in [-0.4, -0.2) is 64.0 Å². The first-order valence-electron chi connectivity index (χ1n) is 11.0. The fraction of sp³-hybridized carbons (Fsp3) is 0.700. The Labute approximate surface area is 190 Å². The molecule has 0 saturated carbocycles. The van der Waals surface area contributed by atoms with Crippen LogP contribution in [-0.2, 0) is 13.8 Å². The van der Waals surface area contributed by atoms with E-state index in [0.717, 1.165) is 0 Å². The molecular weight excluding hydrogens is 455 g/mol. The lowest BCUT2D eigenvalue weighted by Gasteiger charge is -2.38. The lowest BCUT2D eigenvalue weighted by molar-refractivity contribution is -0.0695. The first-order chi connectivity index (χ1) is 15.3. The zero-order chi connectivity index (χ0) is 24.8. The average Bonchev–Trinajstić information content (AvgIpc) is 3.28. The number of hydrogen-bond acceptors (Lipinski definition) is 9. The highest BCUT2D eigenvalue weighted by molar-refractivity contribution is 7.54. The van der Waals surface area contributed by atoms with Crippen LogP contribution in [0, 0.1) is 0 Å². The molecule has 2 unspecified atom stereocenters. The Morgan fingerprint density at radius 2 is 1.91 bits per heavy atom. The summed E-state index contributed by atoms with van der Waals surface area (Å²) >= 11 is 0. The van der Waals surface area contributed by atoms with E-state index in [9.17, 15) is 29.6 Å². The van der Waals surface area contributed by atoms with Gasteiger partial charge in [-0.05, 0) is 32.3 Å². The number of aromatic nitrogens is 3. The molecule has 3 heterocycles. The van der Waals surface area contributed by atoms with Crippen LogP contribution in [0.15, 0.2) is 17.1 Å². The summed E-state index contributed by atoms with van der Waals surface area (Å²) in [6.45, 7) is 6.52. The van der Waals surface area contributed by atoms with Gasteiger partial charge >= 0.3 is 7.60 Å². The van der Waals surface area contributed by atoms with E-state index in [1.165, 1.54) is 16.8 Å². The largest absolute Gasteiger partial charge is 0.388 e. The van der Waals surface area contributed by atoms with E-state index in [1.807, 2.05) is 0 Å². The molecule has 0 aromatic carbocycles. The molecular formula is C20H33N4O8P. The maximum absolute atomic E-state index is 12.9. The molecule has 13 heteroatoms. The summed E-state index contributed by atoms with van der Waals surface area (Å²) in [7, 11) is -4.46. The van der Waals surface area contributed by atoms with Gasteiger partial charge in [0.15, 0.2) is 17.2 Å². The molecule has 2 aromatic rings. The van der Waals surface area contributed by atoms with E-state index in [0.29, 0.717) is 0 Å². The molecule has 1 aliphatic heterocycles. The van der Waals surface area contributed by atoms with Crippen molar-refractivity contribution in [1.29, 1.82) is 0 Å². The van der Waals surface area contributed by atoms with Gasteiger partial charge in [-0.15, -0.1) is 0 Å². The predicted octanol–water partition coefficient (Wildman–Crippen LogP) is 1.20. The lowest BCUT2D eigenvalue weighted by Crippen LogP contribution is -2.40. The van der Waals surface area contributed by atoms with E-state index in [2.05, 4.69) is 9.97 Å². The number of hydrogen-bond donors (Lipinski definition) is 6. The zero-order valence-corrected chi connectivity index (χ0v) is 20.0. The lowest BCUT2D eigenvalue weighted by atomic mass is 9.93. The van der Waals surface area contributed by atoms with E-state index in [-0.39, 0.29) is 42.7 Å². The summed E-state index contributed by atoms with van der Waals surface area (Å²) in [5.74, 6) is -0.109. The standard InChI is InChI=1S/C20H33N4O8P/c1-5-19(4,32-33(29,30)20(28,6-2)7-3)10-12-13(25)14(26)17(31-12)24-9-8-11-15(24)22-18(21)23-16(11)27/h8-9,12-14,17,25-26,28H,5-7,10H2,1-4H3,(H,29,30)(H3,21,22,23,27)/t12?,13-,14-,17-,19-/m1/s1. The molecule has 12 nitrogen and oxygen atoms in total. The highest BCUT2D eigenvalue weighted by Gasteiger charge is 2.51. The van der Waals surface area contributed by atoms with Crippen molar-refractivity contribution in [3.63, 3.8) is 0 Å². The third-order valence-electron chi connectivity index (χ3n) is 6.59. The molecule has 0 spiro atoms. The number of aliphatic hydroxyl groups is 3. The van der Waals surface area contributed by atoms with Gasteiger partial charge in [0.25, 0.3) is 5.56 Å². The SMILES string of the molecule is CCC(O)(CC)P(=O)(O)O[C@](C)(CC)CC1O[C@@H](n2ccc3c(=O)[nH]c(N)nc32)[C@H](O)[C@@H]1O. The second-order valence-corrected chi connectivity index (χ2v) is 10.8. The minimum absolute atomic E-state index is 0.0242. The van der Waals surface area contributed by atoms with Crippen molar-refractivity contribution in [3.8, 4) is 0 Å². The topological polar surface area (TPSA) is 193 Å². The molecule has 6 atom stereocenters. The van der Waals surface area contributed by atoms with Crippen LogP contribution in [0.3, 0.4) is 0 Å². The van der Waals surface area contributed by atoms with Crippen molar-refractivity contribution in [2.24, 2.45) is 0 Å². The van der Waals surface area contributed by atoms with Crippen molar-refractivity contribution >= 4 is 24.6 Å². The molecule has 0 aliphatic carbocycles. The quantitative estimate of drug-likeness (QED) is 0.279. The maximum atomic E-state index is 12.9. The Hall–Kier alpha value is -1.79. The first-order valence-corrected chi connectivity index (χ1v) is 12.5. The van der Waals surface area contributed by atoms with E-state index < -0.39 is 48.6 Å². The number of aromatic amines is 1. The molecule has 3 rings (SSSR count). The van der Waals surface area contributed by atoms with Crippen LogP contribution in [0.5, 0.6) is 0 Å². The maximum Gasteiger partial charge on any atom is 0.359 e. The van der Waals surface area contributed by atoms with Gasteiger partial charge in [0.05, 0.1) is 17.1 Å². The minimum atomic E-state index is -4.46. The number of fused-ring (bicyclic) bond motifs is 1. The van der Waals surface area contributed by atoms with Crippen molar-refractivity contribution in [3.05, 3.63) is 22.6 Å². The van der Waals surface area contributed by atoms with Gasteiger partial charge in [0.2, 0.25) is 5.95 Å². The minimum Gasteiger partial charge on any atom is -0.388 e. The van der Waals surface area contributed by atoms with Gasteiger partial charge in [-0.25, -0.2) is 0 Å². The van der Waals surface area contributed by atoms with Gasteiger partial charge in [-0.3, -0.25) is 14.3 Å². The molecule has 186 valence electrons. The van der Waals surface area contributed by atoms with Crippen LogP contribution in [0.1, 0.15) is 59.6 Å². The van der Waals surface area contributed by atoms with Crippen LogP contribution >= 0.6 is 7.60 Å². The van der Waals surface area contributed by atoms with Crippen molar-refractivity contribution in [1.82, 2.24) is 14.5 Å². The first kappa shape index (κ1) is 25.8. The number of aliphatic hydroxyl groups excluding tert-OH is 2. The Balaban J connectivity index is 1.86. The smallest absolute Gasteiger partial charge is 0.359 e. The molecule has 1 saturated heterocycles. The number of H-pyrrole nitrogens is 1. The number of rotatable bonds is 9. The molecule has 33 heavy (non-hydrogen) atoms. The summed E-state index contributed by atoms with van der Waals surface area (Å²) in [4.78, 5) is 29.1. The highest BCUT2D eigenvalue weighted by atomic mass is 31.2. The Bertz CT molecular complexity index is 1100. The second kappa shape index (κ2) is 9.10. The Kier molecular flexibility index (Phi) is 7.12. The number of ether oxygens (including phenoxy) is 1. The number of nitrogen functional groups attached to an aromatic ring is 1. The summed E-state index contributed by atoms with van der Waals surface area (Å²) in [5.41, 5.74) is 4.12.